The summed E-state index contributed by atoms with van der Waals surface area (Å²) in [6, 6.07) is 26.6. The Balaban J connectivity index is 1.49. The van der Waals surface area contributed by atoms with E-state index < -0.39 is 5.92 Å². The molecule has 1 amide bonds. The molecule has 0 radical (unpaired) electrons. The lowest BCUT2D eigenvalue weighted by atomic mass is 9.87. The number of pyridine rings is 1. The number of rotatable bonds is 4. The third-order valence-electron chi connectivity index (χ3n) is 5.81. The van der Waals surface area contributed by atoms with E-state index in [4.69, 9.17) is 21.3 Å². The Morgan fingerprint density at radius 3 is 2.35 bits per heavy atom. The van der Waals surface area contributed by atoms with Crippen molar-refractivity contribution >= 4 is 44.2 Å². The number of aromatic nitrogens is 2. The predicted octanol–water partition coefficient (Wildman–Crippen LogP) is 6.82. The van der Waals surface area contributed by atoms with Gasteiger partial charge >= 0.3 is 0 Å². The molecular weight excluding hydrogens is 466 g/mol. The Bertz CT molecular complexity index is 1470. The fraction of sp³-hybridized carbons (Fsp3) is 0.0741. The molecule has 3 aromatic carbocycles. The molecule has 0 unspecified atom stereocenters. The molecule has 0 saturated carbocycles. The Kier molecular flexibility index (Phi) is 5.24. The molecule has 6 rings (SSSR count). The van der Waals surface area contributed by atoms with Gasteiger partial charge in [0, 0.05) is 22.3 Å². The van der Waals surface area contributed by atoms with Crippen LogP contribution in [-0.2, 0) is 11.3 Å². The number of benzene rings is 3. The van der Waals surface area contributed by atoms with Crippen molar-refractivity contribution in [3.05, 3.63) is 113 Å². The van der Waals surface area contributed by atoms with Crippen molar-refractivity contribution in [1.82, 2.24) is 9.97 Å². The summed E-state index contributed by atoms with van der Waals surface area (Å²) in [6.07, 6.45) is 1.73. The van der Waals surface area contributed by atoms with Gasteiger partial charge in [-0.1, -0.05) is 65.4 Å². The third-order valence-corrected chi connectivity index (χ3v) is 7.09. The second-order valence-corrected chi connectivity index (χ2v) is 9.41. The standard InChI is InChI=1S/C27H18ClN3O2S/c28-17-12-13-21-24(15-17)34-27(30-21)31(16-18-7-5-6-14-29-18)26(32)25-19-8-1-3-10-22(19)33-23-11-4-2-9-20(23)25/h1-15,25H,16H2. The van der Waals surface area contributed by atoms with Crippen LogP contribution in [-0.4, -0.2) is 15.9 Å². The van der Waals surface area contributed by atoms with Gasteiger partial charge in [-0.15, -0.1) is 0 Å². The first-order valence-electron chi connectivity index (χ1n) is 10.8. The second kappa shape index (κ2) is 8.56. The molecule has 5 nitrogen and oxygen atoms in total. The Labute approximate surface area is 205 Å². The van der Waals surface area contributed by atoms with Gasteiger partial charge < -0.3 is 4.74 Å². The summed E-state index contributed by atoms with van der Waals surface area (Å²) < 4.78 is 7.04. The summed E-state index contributed by atoms with van der Waals surface area (Å²) in [4.78, 5) is 25.3. The Morgan fingerprint density at radius 2 is 1.65 bits per heavy atom. The van der Waals surface area contributed by atoms with Crippen molar-refractivity contribution < 1.29 is 9.53 Å². The Morgan fingerprint density at radius 1 is 0.941 bits per heavy atom. The quantitative estimate of drug-likeness (QED) is 0.281. The summed E-state index contributed by atoms with van der Waals surface area (Å²) in [5, 5.41) is 1.24. The molecule has 0 N–H and O–H groups in total. The van der Waals surface area contributed by atoms with Crippen molar-refractivity contribution in [3.8, 4) is 11.5 Å². The van der Waals surface area contributed by atoms with E-state index >= 15 is 0 Å². The molecule has 7 heteroatoms. The molecule has 2 aromatic heterocycles. The van der Waals surface area contributed by atoms with Crippen molar-refractivity contribution in [3.63, 3.8) is 0 Å². The van der Waals surface area contributed by atoms with Crippen LogP contribution >= 0.6 is 22.9 Å². The van der Waals surface area contributed by atoms with Gasteiger partial charge in [0.15, 0.2) is 5.13 Å². The first kappa shape index (κ1) is 20.8. The van der Waals surface area contributed by atoms with E-state index in [0.29, 0.717) is 28.2 Å². The summed E-state index contributed by atoms with van der Waals surface area (Å²) in [5.41, 5.74) is 3.25. The largest absolute Gasteiger partial charge is 0.457 e. The van der Waals surface area contributed by atoms with E-state index in [-0.39, 0.29) is 5.91 Å². The number of amides is 1. The number of para-hydroxylation sites is 2. The number of nitrogens with zero attached hydrogens (tertiary/aromatic N) is 3. The number of halogens is 1. The second-order valence-electron chi connectivity index (χ2n) is 7.96. The zero-order valence-electron chi connectivity index (χ0n) is 17.9. The number of fused-ring (bicyclic) bond motifs is 3. The van der Waals surface area contributed by atoms with Crippen LogP contribution in [0, 0.1) is 0 Å². The molecule has 0 bridgehead atoms. The van der Waals surface area contributed by atoms with E-state index in [0.717, 1.165) is 27.0 Å². The third kappa shape index (κ3) is 3.71. The van der Waals surface area contributed by atoms with Gasteiger partial charge in [-0.25, -0.2) is 4.98 Å². The monoisotopic (exact) mass is 483 g/mol. The van der Waals surface area contributed by atoms with E-state index in [1.807, 2.05) is 84.9 Å². The van der Waals surface area contributed by atoms with Crippen LogP contribution < -0.4 is 9.64 Å². The van der Waals surface area contributed by atoms with Gasteiger partial charge in [0.2, 0.25) is 5.91 Å². The molecule has 0 saturated heterocycles. The van der Waals surface area contributed by atoms with Crippen molar-refractivity contribution in [2.24, 2.45) is 0 Å². The van der Waals surface area contributed by atoms with Crippen LogP contribution in [0.2, 0.25) is 5.02 Å². The van der Waals surface area contributed by atoms with Crippen LogP contribution in [0.15, 0.2) is 91.1 Å². The number of hydrogen-bond donors (Lipinski definition) is 0. The summed E-state index contributed by atoms with van der Waals surface area (Å²) in [6.45, 7) is 0.301. The van der Waals surface area contributed by atoms with Crippen LogP contribution in [0.1, 0.15) is 22.7 Å². The smallest absolute Gasteiger partial charge is 0.241 e. The minimum atomic E-state index is -0.527. The number of hydrogen-bond acceptors (Lipinski definition) is 5. The molecule has 1 aliphatic heterocycles. The number of thiazole rings is 1. The number of carbonyl (C=O) groups excluding carboxylic acids is 1. The van der Waals surface area contributed by atoms with Crippen LogP contribution in [0.3, 0.4) is 0 Å². The van der Waals surface area contributed by atoms with Crippen molar-refractivity contribution in [1.29, 1.82) is 0 Å². The maximum absolute atomic E-state index is 14.4. The van der Waals surface area contributed by atoms with E-state index in [2.05, 4.69) is 4.98 Å². The lowest BCUT2D eigenvalue weighted by molar-refractivity contribution is -0.119. The molecule has 3 heterocycles. The van der Waals surface area contributed by atoms with Gasteiger partial charge in [0.05, 0.1) is 28.4 Å². The fourth-order valence-electron chi connectivity index (χ4n) is 4.23. The molecular formula is C27H18ClN3O2S. The van der Waals surface area contributed by atoms with E-state index in [1.165, 1.54) is 11.3 Å². The van der Waals surface area contributed by atoms with Gasteiger partial charge in [0.25, 0.3) is 0 Å². The van der Waals surface area contributed by atoms with Crippen molar-refractivity contribution in [2.75, 3.05) is 4.90 Å². The highest BCUT2D eigenvalue weighted by atomic mass is 35.5. The highest BCUT2D eigenvalue weighted by Crippen LogP contribution is 2.45. The topological polar surface area (TPSA) is 55.3 Å². The zero-order chi connectivity index (χ0) is 23.1. The Hall–Kier alpha value is -3.74. The molecule has 0 fully saturated rings. The normalized spacial score (nSPS) is 12.6. The molecule has 0 aliphatic carbocycles. The maximum Gasteiger partial charge on any atom is 0.241 e. The fourth-order valence-corrected chi connectivity index (χ4v) is 5.47. The highest BCUT2D eigenvalue weighted by molar-refractivity contribution is 7.22. The molecule has 0 atom stereocenters. The van der Waals surface area contributed by atoms with Gasteiger partial charge in [-0.2, -0.15) is 0 Å². The lowest BCUT2D eigenvalue weighted by Crippen LogP contribution is -2.36. The van der Waals surface area contributed by atoms with Crippen molar-refractivity contribution in [2.45, 2.75) is 12.5 Å². The predicted molar refractivity (Wildman–Crippen MR) is 135 cm³/mol. The first-order valence-corrected chi connectivity index (χ1v) is 12.0. The molecule has 1 aliphatic rings. The average Bonchev–Trinajstić information content (AvgIpc) is 3.29. The SMILES string of the molecule is O=C(C1c2ccccc2Oc2ccccc21)N(Cc1ccccn1)c1nc2ccc(Cl)cc2s1. The van der Waals surface area contributed by atoms with Crippen LogP contribution in [0.5, 0.6) is 11.5 Å². The summed E-state index contributed by atoms with van der Waals surface area (Å²) in [5.74, 6) is 0.765. The molecule has 166 valence electrons. The summed E-state index contributed by atoms with van der Waals surface area (Å²) >= 11 is 7.65. The van der Waals surface area contributed by atoms with Gasteiger partial charge in [-0.05, 0) is 42.5 Å². The van der Waals surface area contributed by atoms with E-state index in [1.54, 1.807) is 11.1 Å². The molecule has 0 spiro atoms. The highest BCUT2D eigenvalue weighted by Gasteiger charge is 2.36. The van der Waals surface area contributed by atoms with Gasteiger partial charge in [0.1, 0.15) is 11.5 Å². The molecule has 34 heavy (non-hydrogen) atoms. The van der Waals surface area contributed by atoms with Gasteiger partial charge in [-0.3, -0.25) is 14.7 Å². The van der Waals surface area contributed by atoms with Crippen LogP contribution in [0.4, 0.5) is 5.13 Å². The number of carbonyl (C=O) groups is 1. The first-order chi connectivity index (χ1) is 16.7. The minimum absolute atomic E-state index is 0.0843. The summed E-state index contributed by atoms with van der Waals surface area (Å²) in [7, 11) is 0. The average molecular weight is 484 g/mol. The van der Waals surface area contributed by atoms with Crippen LogP contribution in [0.25, 0.3) is 10.2 Å². The molecule has 5 aromatic rings. The number of anilines is 1. The lowest BCUT2D eigenvalue weighted by Gasteiger charge is -2.31. The maximum atomic E-state index is 14.4. The zero-order valence-corrected chi connectivity index (χ0v) is 19.5. The number of ether oxygens (including phenoxy) is 1. The minimum Gasteiger partial charge on any atom is -0.457 e. The van der Waals surface area contributed by atoms with E-state index in [9.17, 15) is 4.79 Å².